The highest BCUT2D eigenvalue weighted by molar-refractivity contribution is 5.21. The van der Waals surface area contributed by atoms with Crippen molar-refractivity contribution in [3.63, 3.8) is 0 Å². The van der Waals surface area contributed by atoms with E-state index >= 15 is 0 Å². The van der Waals surface area contributed by atoms with E-state index < -0.39 is 0 Å². The normalized spacial score (nSPS) is 24.6. The molecular weight excluding hydrogens is 241 g/mol. The molecule has 0 spiro atoms. The summed E-state index contributed by atoms with van der Waals surface area (Å²) in [4.78, 5) is 0. The van der Waals surface area contributed by atoms with Crippen LogP contribution in [-0.4, -0.2) is 19.3 Å². The third-order valence-corrected chi connectivity index (χ3v) is 3.93. The van der Waals surface area contributed by atoms with Gasteiger partial charge >= 0.3 is 0 Å². The van der Waals surface area contributed by atoms with E-state index in [2.05, 4.69) is 19.2 Å². The standard InChI is InChI=1S/C16H24FNO/c1-3-10-18-16(12-5-7-13(17)8-6-12)14-9-11-19-15(14)4-2/h5-8,14-16,18H,3-4,9-11H2,1-2H3. The zero-order valence-electron chi connectivity index (χ0n) is 11.9. The molecule has 0 saturated carbocycles. The van der Waals surface area contributed by atoms with Crippen LogP contribution in [0.3, 0.4) is 0 Å². The van der Waals surface area contributed by atoms with Crippen molar-refractivity contribution in [3.05, 3.63) is 35.6 Å². The van der Waals surface area contributed by atoms with Crippen molar-refractivity contribution < 1.29 is 9.13 Å². The predicted octanol–water partition coefficient (Wildman–Crippen LogP) is 3.68. The van der Waals surface area contributed by atoms with Crippen LogP contribution in [0, 0.1) is 11.7 Å². The van der Waals surface area contributed by atoms with Crippen molar-refractivity contribution in [2.45, 2.75) is 45.3 Å². The van der Waals surface area contributed by atoms with Gasteiger partial charge < -0.3 is 10.1 Å². The third-order valence-electron chi connectivity index (χ3n) is 3.93. The highest BCUT2D eigenvalue weighted by Gasteiger charge is 2.34. The molecule has 1 aliphatic rings. The molecule has 3 unspecified atom stereocenters. The number of ether oxygens (including phenoxy) is 1. The van der Waals surface area contributed by atoms with Gasteiger partial charge in [-0.1, -0.05) is 26.0 Å². The van der Waals surface area contributed by atoms with Crippen LogP contribution in [0.5, 0.6) is 0 Å². The minimum atomic E-state index is -0.173. The minimum absolute atomic E-state index is 0.173. The monoisotopic (exact) mass is 265 g/mol. The largest absolute Gasteiger partial charge is 0.378 e. The van der Waals surface area contributed by atoms with Crippen LogP contribution in [0.25, 0.3) is 0 Å². The van der Waals surface area contributed by atoms with Crippen molar-refractivity contribution >= 4 is 0 Å². The maximum Gasteiger partial charge on any atom is 0.123 e. The predicted molar refractivity (Wildman–Crippen MR) is 75.6 cm³/mol. The molecule has 19 heavy (non-hydrogen) atoms. The molecule has 1 fully saturated rings. The van der Waals surface area contributed by atoms with Gasteiger partial charge in [-0.05, 0) is 43.5 Å². The molecule has 1 aromatic carbocycles. The van der Waals surface area contributed by atoms with Gasteiger partial charge in [-0.15, -0.1) is 0 Å². The summed E-state index contributed by atoms with van der Waals surface area (Å²) in [6.45, 7) is 6.16. The van der Waals surface area contributed by atoms with Crippen LogP contribution >= 0.6 is 0 Å². The number of nitrogens with one attached hydrogen (secondary N) is 1. The van der Waals surface area contributed by atoms with Crippen molar-refractivity contribution in [2.24, 2.45) is 5.92 Å². The summed E-state index contributed by atoms with van der Waals surface area (Å²) in [7, 11) is 0. The fourth-order valence-electron chi connectivity index (χ4n) is 2.95. The summed E-state index contributed by atoms with van der Waals surface area (Å²) < 4.78 is 18.9. The van der Waals surface area contributed by atoms with Crippen LogP contribution in [0.15, 0.2) is 24.3 Å². The van der Waals surface area contributed by atoms with E-state index in [0.717, 1.165) is 32.4 Å². The molecule has 1 saturated heterocycles. The van der Waals surface area contributed by atoms with E-state index in [1.807, 2.05) is 12.1 Å². The lowest BCUT2D eigenvalue weighted by Gasteiger charge is -2.28. The topological polar surface area (TPSA) is 21.3 Å². The van der Waals surface area contributed by atoms with E-state index in [9.17, 15) is 4.39 Å². The van der Waals surface area contributed by atoms with Gasteiger partial charge in [-0.2, -0.15) is 0 Å². The Hall–Kier alpha value is -0.930. The molecule has 3 atom stereocenters. The molecule has 0 amide bonds. The lowest BCUT2D eigenvalue weighted by atomic mass is 9.86. The summed E-state index contributed by atoms with van der Waals surface area (Å²) >= 11 is 0. The van der Waals surface area contributed by atoms with Gasteiger partial charge in [0.05, 0.1) is 6.10 Å². The second kappa shape index (κ2) is 7.01. The second-order valence-electron chi connectivity index (χ2n) is 5.25. The first kappa shape index (κ1) is 14.5. The van der Waals surface area contributed by atoms with Crippen LogP contribution in [0.4, 0.5) is 4.39 Å². The van der Waals surface area contributed by atoms with Crippen LogP contribution < -0.4 is 5.32 Å². The average Bonchev–Trinajstić information content (AvgIpc) is 2.89. The molecule has 0 radical (unpaired) electrons. The molecular formula is C16H24FNO. The van der Waals surface area contributed by atoms with Crippen molar-refractivity contribution in [3.8, 4) is 0 Å². The Bertz CT molecular complexity index is 379. The Kier molecular flexibility index (Phi) is 5.34. The van der Waals surface area contributed by atoms with Gasteiger partial charge in [0.2, 0.25) is 0 Å². The van der Waals surface area contributed by atoms with Crippen LogP contribution in [0.2, 0.25) is 0 Å². The highest BCUT2D eigenvalue weighted by atomic mass is 19.1. The molecule has 2 nitrogen and oxygen atoms in total. The van der Waals surface area contributed by atoms with Crippen molar-refractivity contribution in [2.75, 3.05) is 13.2 Å². The van der Waals surface area contributed by atoms with Crippen molar-refractivity contribution in [1.29, 1.82) is 0 Å². The molecule has 106 valence electrons. The van der Waals surface area contributed by atoms with E-state index in [4.69, 9.17) is 4.74 Å². The molecule has 0 aliphatic carbocycles. The zero-order valence-corrected chi connectivity index (χ0v) is 11.9. The first-order chi connectivity index (χ1) is 9.26. The maximum absolute atomic E-state index is 13.1. The molecule has 0 bridgehead atoms. The zero-order chi connectivity index (χ0) is 13.7. The molecule has 1 aliphatic heterocycles. The van der Waals surface area contributed by atoms with E-state index in [-0.39, 0.29) is 11.9 Å². The van der Waals surface area contributed by atoms with Gasteiger partial charge in [-0.3, -0.25) is 0 Å². The maximum atomic E-state index is 13.1. The Morgan fingerprint density at radius 1 is 1.32 bits per heavy atom. The highest BCUT2D eigenvalue weighted by Crippen LogP contribution is 2.34. The molecule has 1 aromatic rings. The number of hydrogen-bond donors (Lipinski definition) is 1. The third kappa shape index (κ3) is 3.54. The molecule has 2 rings (SSSR count). The fourth-order valence-corrected chi connectivity index (χ4v) is 2.95. The number of rotatable bonds is 6. The van der Waals surface area contributed by atoms with E-state index in [0.29, 0.717) is 12.0 Å². The summed E-state index contributed by atoms with van der Waals surface area (Å²) in [5.74, 6) is 0.315. The Balaban J connectivity index is 2.17. The molecule has 1 N–H and O–H groups in total. The number of benzene rings is 1. The van der Waals surface area contributed by atoms with Gasteiger partial charge in [0.25, 0.3) is 0 Å². The number of halogens is 1. The Morgan fingerprint density at radius 3 is 2.68 bits per heavy atom. The lowest BCUT2D eigenvalue weighted by molar-refractivity contribution is 0.0774. The molecule has 3 heteroatoms. The second-order valence-corrected chi connectivity index (χ2v) is 5.25. The summed E-state index contributed by atoms with van der Waals surface area (Å²) in [6.07, 6.45) is 3.54. The van der Waals surface area contributed by atoms with Gasteiger partial charge in [0.1, 0.15) is 5.82 Å². The molecule has 0 aromatic heterocycles. The first-order valence-electron chi connectivity index (χ1n) is 7.36. The summed E-state index contributed by atoms with van der Waals surface area (Å²) in [6, 6.07) is 7.16. The minimum Gasteiger partial charge on any atom is -0.378 e. The quantitative estimate of drug-likeness (QED) is 0.847. The average molecular weight is 265 g/mol. The van der Waals surface area contributed by atoms with E-state index in [1.54, 1.807) is 12.1 Å². The Labute approximate surface area is 115 Å². The van der Waals surface area contributed by atoms with Crippen LogP contribution in [-0.2, 0) is 4.74 Å². The first-order valence-corrected chi connectivity index (χ1v) is 7.36. The summed E-state index contributed by atoms with van der Waals surface area (Å²) in [5.41, 5.74) is 1.17. The Morgan fingerprint density at radius 2 is 2.05 bits per heavy atom. The van der Waals surface area contributed by atoms with Gasteiger partial charge in [0.15, 0.2) is 0 Å². The SMILES string of the molecule is CCCNC(c1ccc(F)cc1)C1CCOC1CC. The molecule has 1 heterocycles. The smallest absolute Gasteiger partial charge is 0.123 e. The lowest BCUT2D eigenvalue weighted by Crippen LogP contribution is -2.33. The number of hydrogen-bond acceptors (Lipinski definition) is 2. The fraction of sp³-hybridized carbons (Fsp3) is 0.625. The van der Waals surface area contributed by atoms with Crippen LogP contribution in [0.1, 0.15) is 44.7 Å². The van der Waals surface area contributed by atoms with Crippen molar-refractivity contribution in [1.82, 2.24) is 5.32 Å². The van der Waals surface area contributed by atoms with E-state index in [1.165, 1.54) is 5.56 Å². The van der Waals surface area contributed by atoms with Gasteiger partial charge in [0, 0.05) is 18.6 Å². The van der Waals surface area contributed by atoms with Gasteiger partial charge in [-0.25, -0.2) is 4.39 Å². The summed E-state index contributed by atoms with van der Waals surface area (Å²) in [5, 5.41) is 3.61.